The molecule has 0 spiro atoms. The van der Waals surface area contributed by atoms with E-state index in [0.717, 1.165) is 0 Å². The first-order valence-electron chi connectivity index (χ1n) is 8.02. The number of carbonyl (C=O) groups excluding carboxylic acids is 1. The molecule has 0 bridgehead atoms. The Balaban J connectivity index is 1.74. The van der Waals surface area contributed by atoms with E-state index in [-0.39, 0.29) is 12.5 Å². The van der Waals surface area contributed by atoms with Gasteiger partial charge in [-0.3, -0.25) is 4.79 Å². The van der Waals surface area contributed by atoms with E-state index in [0.29, 0.717) is 35.3 Å². The molecule has 1 amide bonds. The molecule has 1 aromatic carbocycles. The van der Waals surface area contributed by atoms with E-state index in [4.69, 9.17) is 4.74 Å². The van der Waals surface area contributed by atoms with Crippen molar-refractivity contribution in [3.05, 3.63) is 60.3 Å². The van der Waals surface area contributed by atoms with Gasteiger partial charge in [-0.15, -0.1) is 5.10 Å². The van der Waals surface area contributed by atoms with Gasteiger partial charge in [-0.05, 0) is 31.2 Å². The van der Waals surface area contributed by atoms with Crippen molar-refractivity contribution in [2.45, 2.75) is 26.9 Å². The maximum Gasteiger partial charge on any atom is 0.224 e. The summed E-state index contributed by atoms with van der Waals surface area (Å²) in [6.07, 6.45) is 2.13. The lowest BCUT2D eigenvalue weighted by Crippen LogP contribution is -2.10. The molecule has 3 aromatic rings. The maximum atomic E-state index is 11.5. The number of anilines is 1. The monoisotopic (exact) mass is 337 g/mol. The lowest BCUT2D eigenvalue weighted by Gasteiger charge is -2.09. The highest BCUT2D eigenvalue weighted by Crippen LogP contribution is 2.19. The molecule has 0 aliphatic rings. The summed E-state index contributed by atoms with van der Waals surface area (Å²) in [5.41, 5.74) is 0.701. The van der Waals surface area contributed by atoms with Crippen LogP contribution in [0.2, 0.25) is 0 Å². The summed E-state index contributed by atoms with van der Waals surface area (Å²) in [6, 6.07) is 12.9. The summed E-state index contributed by atoms with van der Waals surface area (Å²) in [4.78, 5) is 20.2. The van der Waals surface area contributed by atoms with Gasteiger partial charge in [0.05, 0.1) is 0 Å². The minimum atomic E-state index is -0.0392. The van der Waals surface area contributed by atoms with Crippen molar-refractivity contribution in [3.8, 4) is 11.6 Å². The second-order valence-electron chi connectivity index (χ2n) is 5.39. The average molecular weight is 337 g/mol. The van der Waals surface area contributed by atoms with Crippen LogP contribution in [-0.2, 0) is 11.4 Å². The topological polar surface area (TPSA) is 81.9 Å². The van der Waals surface area contributed by atoms with Crippen molar-refractivity contribution in [2.75, 3.05) is 5.32 Å². The SMILES string of the molecule is CCC(=O)Nc1cccc(OCc2nc(C)nn2-c2ccccn2)c1. The van der Waals surface area contributed by atoms with Gasteiger partial charge >= 0.3 is 0 Å². The second kappa shape index (κ2) is 7.57. The lowest BCUT2D eigenvalue weighted by atomic mass is 10.3. The van der Waals surface area contributed by atoms with Gasteiger partial charge in [0, 0.05) is 24.4 Å². The molecule has 0 radical (unpaired) electrons. The Morgan fingerprint density at radius 2 is 2.12 bits per heavy atom. The van der Waals surface area contributed by atoms with E-state index >= 15 is 0 Å². The molecule has 0 aliphatic heterocycles. The van der Waals surface area contributed by atoms with E-state index in [9.17, 15) is 4.79 Å². The van der Waals surface area contributed by atoms with Crippen molar-refractivity contribution in [3.63, 3.8) is 0 Å². The number of nitrogens with zero attached hydrogens (tertiary/aromatic N) is 4. The van der Waals surface area contributed by atoms with Gasteiger partial charge in [0.15, 0.2) is 11.6 Å². The minimum absolute atomic E-state index is 0.0392. The summed E-state index contributed by atoms with van der Waals surface area (Å²) in [5, 5.41) is 7.18. The second-order valence-corrected chi connectivity index (χ2v) is 5.39. The van der Waals surface area contributed by atoms with Crippen molar-refractivity contribution in [1.29, 1.82) is 0 Å². The van der Waals surface area contributed by atoms with E-state index in [2.05, 4.69) is 20.4 Å². The van der Waals surface area contributed by atoms with Gasteiger partial charge in [-0.1, -0.05) is 19.1 Å². The third-order valence-electron chi connectivity index (χ3n) is 3.45. The molecule has 128 valence electrons. The van der Waals surface area contributed by atoms with E-state index < -0.39 is 0 Å². The lowest BCUT2D eigenvalue weighted by molar-refractivity contribution is -0.115. The van der Waals surface area contributed by atoms with Gasteiger partial charge in [0.2, 0.25) is 5.91 Å². The van der Waals surface area contributed by atoms with Crippen LogP contribution in [0, 0.1) is 6.92 Å². The number of benzene rings is 1. The van der Waals surface area contributed by atoms with Crippen LogP contribution >= 0.6 is 0 Å². The van der Waals surface area contributed by atoms with E-state index in [1.807, 2.05) is 50.2 Å². The van der Waals surface area contributed by atoms with Gasteiger partial charge in [-0.25, -0.2) is 9.97 Å². The first kappa shape index (κ1) is 16.6. The van der Waals surface area contributed by atoms with Crippen LogP contribution in [0.15, 0.2) is 48.7 Å². The first-order valence-corrected chi connectivity index (χ1v) is 8.02. The number of hydrogen-bond donors (Lipinski definition) is 1. The first-order chi connectivity index (χ1) is 12.2. The normalized spacial score (nSPS) is 10.5. The highest BCUT2D eigenvalue weighted by Gasteiger charge is 2.11. The molecule has 0 saturated carbocycles. The molecule has 0 aliphatic carbocycles. The number of amides is 1. The molecule has 25 heavy (non-hydrogen) atoms. The Morgan fingerprint density at radius 3 is 2.88 bits per heavy atom. The maximum absolute atomic E-state index is 11.5. The summed E-state index contributed by atoms with van der Waals surface area (Å²) in [6.45, 7) is 3.87. The standard InChI is InChI=1S/C18H19N5O2/c1-3-18(24)21-14-7-6-8-15(11-14)25-12-17-20-13(2)22-23(17)16-9-4-5-10-19-16/h4-11H,3,12H2,1-2H3,(H,21,24). The molecule has 0 fully saturated rings. The largest absolute Gasteiger partial charge is 0.486 e. The Bertz CT molecular complexity index is 861. The number of aromatic nitrogens is 4. The Labute approximate surface area is 145 Å². The summed E-state index contributed by atoms with van der Waals surface area (Å²) < 4.78 is 7.49. The van der Waals surface area contributed by atoms with Crippen molar-refractivity contribution in [2.24, 2.45) is 0 Å². The zero-order valence-electron chi connectivity index (χ0n) is 14.1. The van der Waals surface area contributed by atoms with Gasteiger partial charge < -0.3 is 10.1 Å². The number of pyridine rings is 1. The smallest absolute Gasteiger partial charge is 0.224 e. The molecular weight excluding hydrogens is 318 g/mol. The fraction of sp³-hybridized carbons (Fsp3) is 0.222. The van der Waals surface area contributed by atoms with Crippen LogP contribution in [0.25, 0.3) is 5.82 Å². The molecule has 7 heteroatoms. The number of aryl methyl sites for hydroxylation is 1. The van der Waals surface area contributed by atoms with Crippen LogP contribution in [-0.4, -0.2) is 25.7 Å². The molecule has 0 saturated heterocycles. The number of nitrogens with one attached hydrogen (secondary N) is 1. The number of ether oxygens (including phenoxy) is 1. The fourth-order valence-corrected chi connectivity index (χ4v) is 2.28. The summed E-state index contributed by atoms with van der Waals surface area (Å²) in [7, 11) is 0. The molecule has 3 rings (SSSR count). The minimum Gasteiger partial charge on any atom is -0.486 e. The van der Waals surface area contributed by atoms with E-state index in [1.165, 1.54) is 0 Å². The van der Waals surface area contributed by atoms with Gasteiger partial charge in [0.1, 0.15) is 18.2 Å². The predicted molar refractivity (Wildman–Crippen MR) is 93.6 cm³/mol. The fourth-order valence-electron chi connectivity index (χ4n) is 2.28. The number of hydrogen-bond acceptors (Lipinski definition) is 5. The van der Waals surface area contributed by atoms with Gasteiger partial charge in [-0.2, -0.15) is 4.68 Å². The van der Waals surface area contributed by atoms with Crippen molar-refractivity contribution in [1.82, 2.24) is 19.7 Å². The van der Waals surface area contributed by atoms with E-state index in [1.54, 1.807) is 16.9 Å². The molecule has 2 heterocycles. The quantitative estimate of drug-likeness (QED) is 0.748. The Hall–Kier alpha value is -3.22. The zero-order valence-corrected chi connectivity index (χ0v) is 14.1. The molecule has 1 N–H and O–H groups in total. The number of rotatable bonds is 6. The highest BCUT2D eigenvalue weighted by molar-refractivity contribution is 5.90. The van der Waals surface area contributed by atoms with Crippen LogP contribution in [0.5, 0.6) is 5.75 Å². The van der Waals surface area contributed by atoms with Crippen LogP contribution in [0.3, 0.4) is 0 Å². The third kappa shape index (κ3) is 4.20. The van der Waals surface area contributed by atoms with Crippen molar-refractivity contribution < 1.29 is 9.53 Å². The predicted octanol–water partition coefficient (Wildman–Crippen LogP) is 2.90. The molecule has 0 atom stereocenters. The average Bonchev–Trinajstić information content (AvgIpc) is 3.01. The molecule has 7 nitrogen and oxygen atoms in total. The van der Waals surface area contributed by atoms with Crippen LogP contribution in [0.1, 0.15) is 25.0 Å². The summed E-state index contributed by atoms with van der Waals surface area (Å²) >= 11 is 0. The van der Waals surface area contributed by atoms with Crippen LogP contribution in [0.4, 0.5) is 5.69 Å². The van der Waals surface area contributed by atoms with Crippen molar-refractivity contribution >= 4 is 11.6 Å². The molecule has 2 aromatic heterocycles. The Kier molecular flexibility index (Phi) is 5.03. The summed E-state index contributed by atoms with van der Waals surface area (Å²) in [5.74, 6) is 2.59. The highest BCUT2D eigenvalue weighted by atomic mass is 16.5. The third-order valence-corrected chi connectivity index (χ3v) is 3.45. The molecule has 0 unspecified atom stereocenters. The molecular formula is C18H19N5O2. The zero-order chi connectivity index (χ0) is 17.6. The van der Waals surface area contributed by atoms with Gasteiger partial charge in [0.25, 0.3) is 0 Å². The number of carbonyl (C=O) groups is 1. The van der Waals surface area contributed by atoms with Crippen LogP contribution < -0.4 is 10.1 Å². The Morgan fingerprint density at radius 1 is 1.24 bits per heavy atom.